The summed E-state index contributed by atoms with van der Waals surface area (Å²) in [6.07, 6.45) is 36.2. The number of rotatable bonds is 33. The summed E-state index contributed by atoms with van der Waals surface area (Å²) >= 11 is 0. The van der Waals surface area contributed by atoms with E-state index in [4.69, 9.17) is 24.0 Å². The maximum Gasteiger partial charge on any atom is 0.469 e. The molecule has 1 heterocycles. The van der Waals surface area contributed by atoms with E-state index in [9.17, 15) is 14.2 Å². The summed E-state index contributed by atoms with van der Waals surface area (Å²) in [5, 5.41) is 0. The van der Waals surface area contributed by atoms with E-state index in [1.807, 2.05) is 6.08 Å². The van der Waals surface area contributed by atoms with Crippen LogP contribution in [0.4, 0.5) is 0 Å². The van der Waals surface area contributed by atoms with Crippen LogP contribution in [0.2, 0.25) is 0 Å². The first-order chi connectivity index (χ1) is 23.2. The summed E-state index contributed by atoms with van der Waals surface area (Å²) in [5.74, 6) is -0.955. The second kappa shape index (κ2) is 30.1. The van der Waals surface area contributed by atoms with E-state index >= 15 is 0 Å². The van der Waals surface area contributed by atoms with Gasteiger partial charge in [-0.1, -0.05) is 140 Å². The molecule has 1 aliphatic rings. The van der Waals surface area contributed by atoms with E-state index in [1.54, 1.807) is 0 Å². The SMILES string of the molecule is CCCCCCCCCCCCCCC(=O)OC[C@H](COP(=O)(O)O)OC(=O)CCC/C=C\C/C=C\C/C=C\CC1OC1CCCCC. The Morgan fingerprint density at radius 3 is 1.83 bits per heavy atom. The van der Waals surface area contributed by atoms with Crippen molar-refractivity contribution in [3.05, 3.63) is 36.5 Å². The van der Waals surface area contributed by atoms with Crippen LogP contribution in [-0.2, 0) is 32.9 Å². The molecule has 0 aromatic carbocycles. The van der Waals surface area contributed by atoms with Crippen LogP contribution in [0, 0.1) is 0 Å². The number of unbranched alkanes of at least 4 members (excludes halogenated alkanes) is 14. The zero-order chi connectivity index (χ0) is 35.1. The predicted octanol–water partition coefficient (Wildman–Crippen LogP) is 10.00. The molecule has 0 aliphatic carbocycles. The third-order valence-corrected chi connectivity index (χ3v) is 8.82. The monoisotopic (exact) mass is 698 g/mol. The number of carbonyl (C=O) groups is 2. The fourth-order valence-electron chi connectivity index (χ4n) is 5.40. The van der Waals surface area contributed by atoms with E-state index in [2.05, 4.69) is 48.8 Å². The molecular weight excluding hydrogens is 631 g/mol. The van der Waals surface area contributed by atoms with E-state index in [0.717, 1.165) is 38.5 Å². The molecule has 10 heteroatoms. The lowest BCUT2D eigenvalue weighted by Gasteiger charge is -2.18. The Kier molecular flexibility index (Phi) is 27.7. The number of phosphoric ester groups is 1. The van der Waals surface area contributed by atoms with Crippen molar-refractivity contribution in [2.45, 2.75) is 180 Å². The highest BCUT2D eigenvalue weighted by Gasteiger charge is 2.36. The van der Waals surface area contributed by atoms with Crippen LogP contribution >= 0.6 is 7.82 Å². The van der Waals surface area contributed by atoms with Gasteiger partial charge in [0, 0.05) is 12.8 Å². The first-order valence-electron chi connectivity index (χ1n) is 18.9. The first kappa shape index (κ1) is 44.3. The van der Waals surface area contributed by atoms with Gasteiger partial charge in [-0.2, -0.15) is 0 Å². The molecule has 0 radical (unpaired) electrons. The van der Waals surface area contributed by atoms with Gasteiger partial charge < -0.3 is 24.0 Å². The number of carbonyl (C=O) groups excluding carboxylic acids is 2. The average molecular weight is 699 g/mol. The van der Waals surface area contributed by atoms with Gasteiger partial charge in [0.2, 0.25) is 0 Å². The third kappa shape index (κ3) is 29.2. The Bertz CT molecular complexity index is 942. The van der Waals surface area contributed by atoms with Gasteiger partial charge >= 0.3 is 19.8 Å². The van der Waals surface area contributed by atoms with Gasteiger partial charge in [-0.05, 0) is 44.9 Å². The van der Waals surface area contributed by atoms with Crippen molar-refractivity contribution < 1.29 is 42.7 Å². The topological polar surface area (TPSA) is 132 Å². The highest BCUT2D eigenvalue weighted by molar-refractivity contribution is 7.46. The van der Waals surface area contributed by atoms with E-state index < -0.39 is 32.5 Å². The van der Waals surface area contributed by atoms with Crippen LogP contribution in [0.1, 0.15) is 162 Å². The standard InChI is InChI=1S/C38H67O9P/c1-3-5-7-8-9-10-11-12-16-19-22-26-30-37(39)44-32-34(33-45-48(41,42)43)46-38(40)31-27-23-20-17-14-13-15-18-21-25-29-36-35(47-36)28-24-6-4-2/h13,15,17,20-21,25,34-36H,3-12,14,16,18-19,22-24,26-33H2,1-2H3,(H2,41,42,43)/b15-13-,20-17-,25-21-/t34-,35?,36?/m1/s1. The highest BCUT2D eigenvalue weighted by atomic mass is 31.2. The largest absolute Gasteiger partial charge is 0.469 e. The van der Waals surface area contributed by atoms with Gasteiger partial charge in [-0.25, -0.2) is 4.57 Å². The highest BCUT2D eigenvalue weighted by Crippen LogP contribution is 2.36. The molecule has 278 valence electrons. The fourth-order valence-corrected chi connectivity index (χ4v) is 5.76. The number of hydrogen-bond donors (Lipinski definition) is 2. The molecule has 2 unspecified atom stereocenters. The summed E-state index contributed by atoms with van der Waals surface area (Å²) < 4.78 is 31.9. The number of epoxide rings is 1. The summed E-state index contributed by atoms with van der Waals surface area (Å²) in [6, 6.07) is 0. The quantitative estimate of drug-likeness (QED) is 0.0226. The zero-order valence-corrected chi connectivity index (χ0v) is 31.0. The van der Waals surface area contributed by atoms with Crippen LogP contribution < -0.4 is 0 Å². The molecule has 1 rings (SSSR count). The summed E-state index contributed by atoms with van der Waals surface area (Å²) in [6.45, 7) is 3.59. The summed E-state index contributed by atoms with van der Waals surface area (Å²) in [5.41, 5.74) is 0. The maximum atomic E-state index is 12.3. The molecule has 2 N–H and O–H groups in total. The van der Waals surface area contributed by atoms with Gasteiger partial charge in [0.1, 0.15) is 6.61 Å². The summed E-state index contributed by atoms with van der Waals surface area (Å²) in [7, 11) is -4.76. The zero-order valence-electron chi connectivity index (χ0n) is 30.1. The average Bonchev–Trinajstić information content (AvgIpc) is 3.80. The van der Waals surface area contributed by atoms with Crippen molar-refractivity contribution >= 4 is 19.8 Å². The van der Waals surface area contributed by atoms with Crippen molar-refractivity contribution in [1.29, 1.82) is 0 Å². The number of phosphoric acid groups is 1. The van der Waals surface area contributed by atoms with Crippen molar-refractivity contribution in [3.63, 3.8) is 0 Å². The first-order valence-corrected chi connectivity index (χ1v) is 20.4. The van der Waals surface area contributed by atoms with Crippen LogP contribution in [0.5, 0.6) is 0 Å². The number of esters is 2. The van der Waals surface area contributed by atoms with Crippen molar-refractivity contribution in [2.24, 2.45) is 0 Å². The molecule has 3 atom stereocenters. The fraction of sp³-hybridized carbons (Fsp3) is 0.789. The number of hydrogen-bond acceptors (Lipinski definition) is 7. The smallest absolute Gasteiger partial charge is 0.462 e. The van der Waals surface area contributed by atoms with Crippen LogP contribution in [0.25, 0.3) is 0 Å². The van der Waals surface area contributed by atoms with Crippen molar-refractivity contribution in [2.75, 3.05) is 13.2 Å². The molecule has 0 saturated carbocycles. The lowest BCUT2D eigenvalue weighted by molar-refractivity contribution is -0.161. The molecule has 9 nitrogen and oxygen atoms in total. The molecule has 0 amide bonds. The molecule has 1 saturated heterocycles. The second-order valence-corrected chi connectivity index (χ2v) is 14.2. The van der Waals surface area contributed by atoms with Gasteiger partial charge in [0.15, 0.2) is 6.10 Å². The van der Waals surface area contributed by atoms with E-state index in [-0.39, 0.29) is 19.4 Å². The Labute approximate surface area is 291 Å². The normalized spacial score (nSPS) is 17.1. The van der Waals surface area contributed by atoms with E-state index in [0.29, 0.717) is 25.0 Å². The molecule has 0 bridgehead atoms. The minimum atomic E-state index is -4.76. The molecule has 1 fully saturated rings. The number of allylic oxidation sites excluding steroid dienone is 5. The Morgan fingerprint density at radius 1 is 0.667 bits per heavy atom. The van der Waals surface area contributed by atoms with Gasteiger partial charge in [-0.15, -0.1) is 0 Å². The Hall–Kier alpha value is -1.77. The van der Waals surface area contributed by atoms with Crippen LogP contribution in [-0.4, -0.2) is 53.3 Å². The lowest BCUT2D eigenvalue weighted by atomic mass is 10.0. The van der Waals surface area contributed by atoms with Crippen molar-refractivity contribution in [1.82, 2.24) is 0 Å². The Morgan fingerprint density at radius 2 is 1.21 bits per heavy atom. The van der Waals surface area contributed by atoms with Crippen LogP contribution in [0.15, 0.2) is 36.5 Å². The molecule has 48 heavy (non-hydrogen) atoms. The third-order valence-electron chi connectivity index (χ3n) is 8.34. The second-order valence-electron chi connectivity index (χ2n) is 12.9. The molecule has 0 aromatic rings. The molecule has 0 spiro atoms. The minimum absolute atomic E-state index is 0.133. The van der Waals surface area contributed by atoms with Gasteiger partial charge in [0.25, 0.3) is 0 Å². The minimum Gasteiger partial charge on any atom is -0.462 e. The lowest BCUT2D eigenvalue weighted by Crippen LogP contribution is -2.29. The summed E-state index contributed by atoms with van der Waals surface area (Å²) in [4.78, 5) is 42.6. The molecule has 1 aliphatic heterocycles. The van der Waals surface area contributed by atoms with Crippen LogP contribution in [0.3, 0.4) is 0 Å². The van der Waals surface area contributed by atoms with Crippen molar-refractivity contribution in [3.8, 4) is 0 Å². The van der Waals surface area contributed by atoms with Gasteiger partial charge in [0.05, 0.1) is 18.8 Å². The predicted molar refractivity (Wildman–Crippen MR) is 192 cm³/mol. The molecular formula is C38H67O9P. The number of ether oxygens (including phenoxy) is 3. The maximum absolute atomic E-state index is 12.3. The van der Waals surface area contributed by atoms with Gasteiger partial charge in [-0.3, -0.25) is 14.1 Å². The van der Waals surface area contributed by atoms with E-state index in [1.165, 1.54) is 83.5 Å². The Balaban J connectivity index is 2.13. The molecule has 0 aromatic heterocycles.